The minimum Gasteiger partial charge on any atom is -0.0654 e. The van der Waals surface area contributed by atoms with Crippen molar-refractivity contribution in [2.45, 2.75) is 239 Å². The number of hydrogen-bond donors (Lipinski definition) is 0. The van der Waals surface area contributed by atoms with Crippen molar-refractivity contribution in [1.29, 1.82) is 0 Å². The standard InChI is InChI=1S/C38H77/c1-3-5-7-9-11-13-15-17-19-21-23-25-27-29-31-33-35-37-38-36-34-32-30-28-26-24-22-20-18-16-14-12-10-8-6-4-2/h35H,3-34,36-38H2,1-2H3. The molecular formula is C38H77. The van der Waals surface area contributed by atoms with E-state index < -0.39 is 0 Å². The average molecular weight is 534 g/mol. The van der Waals surface area contributed by atoms with Gasteiger partial charge in [-0.3, -0.25) is 0 Å². The van der Waals surface area contributed by atoms with Crippen LogP contribution >= 0.6 is 0 Å². The van der Waals surface area contributed by atoms with E-state index >= 15 is 0 Å². The summed E-state index contributed by atoms with van der Waals surface area (Å²) in [6, 6.07) is 0. The topological polar surface area (TPSA) is 0 Å². The summed E-state index contributed by atoms with van der Waals surface area (Å²) in [4.78, 5) is 0. The van der Waals surface area contributed by atoms with Crippen molar-refractivity contribution in [3.63, 3.8) is 0 Å². The Kier molecular flexibility index (Phi) is 37.0. The Balaban J connectivity index is 3.01. The Morgan fingerprint density at radius 3 is 0.553 bits per heavy atom. The van der Waals surface area contributed by atoms with Gasteiger partial charge in [0.1, 0.15) is 0 Å². The Bertz CT molecular complexity index is 336. The van der Waals surface area contributed by atoms with E-state index in [-0.39, 0.29) is 0 Å². The van der Waals surface area contributed by atoms with E-state index in [0.29, 0.717) is 0 Å². The van der Waals surface area contributed by atoms with Gasteiger partial charge < -0.3 is 0 Å². The fourth-order valence-corrected chi connectivity index (χ4v) is 5.99. The second kappa shape index (κ2) is 37.0. The summed E-state index contributed by atoms with van der Waals surface area (Å²) in [6.45, 7) is 4.62. The molecule has 0 aliphatic carbocycles. The number of hydrogen-bond acceptors (Lipinski definition) is 0. The van der Waals surface area contributed by atoms with Gasteiger partial charge in [0.25, 0.3) is 0 Å². The fraction of sp³-hybridized carbons (Fsp3) is 0.974. The molecule has 0 saturated heterocycles. The first-order valence-electron chi connectivity index (χ1n) is 18.7. The van der Waals surface area contributed by atoms with Crippen LogP contribution in [0.25, 0.3) is 0 Å². The minimum atomic E-state index is 1.37. The third kappa shape index (κ3) is 36.0. The predicted molar refractivity (Wildman–Crippen MR) is 177 cm³/mol. The zero-order valence-corrected chi connectivity index (χ0v) is 27.3. The van der Waals surface area contributed by atoms with Crippen LogP contribution < -0.4 is 0 Å². The Hall–Kier alpha value is 0. The van der Waals surface area contributed by atoms with Gasteiger partial charge in [0.15, 0.2) is 0 Å². The Morgan fingerprint density at radius 2 is 0.368 bits per heavy atom. The molecular weight excluding hydrogens is 456 g/mol. The van der Waals surface area contributed by atoms with E-state index in [1.54, 1.807) is 0 Å². The van der Waals surface area contributed by atoms with Crippen LogP contribution in [0.2, 0.25) is 0 Å². The summed E-state index contributed by atoms with van der Waals surface area (Å²) in [5.41, 5.74) is 0. The lowest BCUT2D eigenvalue weighted by Gasteiger charge is -2.04. The van der Waals surface area contributed by atoms with Gasteiger partial charge in [-0.25, -0.2) is 0 Å². The quantitative estimate of drug-likeness (QED) is 0.0710. The molecule has 0 aromatic carbocycles. The molecule has 0 aliphatic heterocycles. The second-order valence-corrected chi connectivity index (χ2v) is 12.8. The van der Waals surface area contributed by atoms with Gasteiger partial charge in [-0.15, -0.1) is 0 Å². The van der Waals surface area contributed by atoms with E-state index in [0.717, 1.165) is 0 Å². The molecule has 0 unspecified atom stereocenters. The van der Waals surface area contributed by atoms with Gasteiger partial charge in [0, 0.05) is 0 Å². The molecule has 0 aliphatic rings. The molecule has 0 saturated carbocycles. The van der Waals surface area contributed by atoms with Crippen LogP contribution in [0.4, 0.5) is 0 Å². The van der Waals surface area contributed by atoms with Crippen LogP contribution in [-0.2, 0) is 0 Å². The first kappa shape index (κ1) is 38.0. The summed E-state index contributed by atoms with van der Waals surface area (Å²) < 4.78 is 0. The van der Waals surface area contributed by atoms with Crippen molar-refractivity contribution in [3.05, 3.63) is 6.42 Å². The molecule has 229 valence electrons. The maximum Gasteiger partial charge on any atom is -0.0386 e. The normalized spacial score (nSPS) is 11.5. The lowest BCUT2D eigenvalue weighted by Crippen LogP contribution is -1.85. The molecule has 38 heavy (non-hydrogen) atoms. The highest BCUT2D eigenvalue weighted by molar-refractivity contribution is 4.65. The second-order valence-electron chi connectivity index (χ2n) is 12.8. The fourth-order valence-electron chi connectivity index (χ4n) is 5.99. The SMILES string of the molecule is CCCCCCCCCCCCCCCCC[CH]CCCCCCCCCCCCCCCCCCCC. The first-order chi connectivity index (χ1) is 18.9. The van der Waals surface area contributed by atoms with Gasteiger partial charge in [-0.2, -0.15) is 0 Å². The van der Waals surface area contributed by atoms with Crippen molar-refractivity contribution in [3.8, 4) is 0 Å². The summed E-state index contributed by atoms with van der Waals surface area (Å²) in [5.74, 6) is 0. The molecule has 0 heteroatoms. The third-order valence-corrected chi connectivity index (χ3v) is 8.77. The van der Waals surface area contributed by atoms with Crippen LogP contribution in [0.15, 0.2) is 0 Å². The molecule has 0 spiro atoms. The van der Waals surface area contributed by atoms with Crippen molar-refractivity contribution < 1.29 is 0 Å². The van der Waals surface area contributed by atoms with Gasteiger partial charge in [-0.1, -0.05) is 239 Å². The Morgan fingerprint density at radius 1 is 0.211 bits per heavy atom. The Labute approximate surface area is 244 Å². The third-order valence-electron chi connectivity index (χ3n) is 8.77. The van der Waals surface area contributed by atoms with Crippen LogP contribution in [-0.4, -0.2) is 0 Å². The molecule has 0 heterocycles. The van der Waals surface area contributed by atoms with Gasteiger partial charge in [0.05, 0.1) is 0 Å². The largest absolute Gasteiger partial charge is 0.0654 e. The molecule has 0 bridgehead atoms. The molecule has 0 aromatic heterocycles. The molecule has 0 N–H and O–H groups in total. The van der Waals surface area contributed by atoms with E-state index in [4.69, 9.17) is 0 Å². The summed E-state index contributed by atoms with van der Waals surface area (Å²) in [5, 5.41) is 0. The molecule has 0 fully saturated rings. The molecule has 0 atom stereocenters. The zero-order chi connectivity index (χ0) is 27.5. The number of rotatable bonds is 35. The highest BCUT2D eigenvalue weighted by Crippen LogP contribution is 2.17. The number of unbranched alkanes of at least 4 members (excludes halogenated alkanes) is 35. The van der Waals surface area contributed by atoms with Crippen LogP contribution in [0.5, 0.6) is 0 Å². The maximum absolute atomic E-state index is 2.59. The van der Waals surface area contributed by atoms with Crippen LogP contribution in [0, 0.1) is 6.42 Å². The summed E-state index contributed by atoms with van der Waals surface area (Å²) in [7, 11) is 0. The first-order valence-corrected chi connectivity index (χ1v) is 18.7. The van der Waals surface area contributed by atoms with Gasteiger partial charge in [-0.05, 0) is 6.42 Å². The molecule has 0 rings (SSSR count). The molecule has 0 nitrogen and oxygen atoms in total. The predicted octanol–water partition coefficient (Wildman–Crippen LogP) is 14.9. The van der Waals surface area contributed by atoms with Crippen LogP contribution in [0.3, 0.4) is 0 Å². The highest BCUT2D eigenvalue weighted by atomic mass is 14.0. The molecule has 1 radical (unpaired) electrons. The molecule has 0 aromatic rings. The van der Waals surface area contributed by atoms with E-state index in [2.05, 4.69) is 20.3 Å². The van der Waals surface area contributed by atoms with E-state index in [1.807, 2.05) is 0 Å². The lowest BCUT2D eigenvalue weighted by molar-refractivity contribution is 0.523. The monoisotopic (exact) mass is 534 g/mol. The van der Waals surface area contributed by atoms with Crippen molar-refractivity contribution in [1.82, 2.24) is 0 Å². The summed E-state index contributed by atoms with van der Waals surface area (Å²) >= 11 is 0. The molecule has 0 amide bonds. The van der Waals surface area contributed by atoms with Crippen molar-refractivity contribution in [2.24, 2.45) is 0 Å². The summed E-state index contributed by atoms with van der Waals surface area (Å²) in [6.07, 6.45) is 53.9. The van der Waals surface area contributed by atoms with E-state index in [9.17, 15) is 0 Å². The van der Waals surface area contributed by atoms with Crippen molar-refractivity contribution >= 4 is 0 Å². The van der Waals surface area contributed by atoms with Crippen LogP contribution in [0.1, 0.15) is 239 Å². The van der Waals surface area contributed by atoms with Crippen molar-refractivity contribution in [2.75, 3.05) is 0 Å². The van der Waals surface area contributed by atoms with Gasteiger partial charge in [0.2, 0.25) is 0 Å². The maximum atomic E-state index is 2.59. The zero-order valence-electron chi connectivity index (χ0n) is 27.3. The minimum absolute atomic E-state index is 1.37. The van der Waals surface area contributed by atoms with E-state index in [1.165, 1.54) is 225 Å². The van der Waals surface area contributed by atoms with Gasteiger partial charge >= 0.3 is 0 Å². The lowest BCUT2D eigenvalue weighted by atomic mass is 10.0. The smallest absolute Gasteiger partial charge is 0.0386 e. The highest BCUT2D eigenvalue weighted by Gasteiger charge is 1.97. The average Bonchev–Trinajstić information content (AvgIpc) is 2.93.